The number of carboxylic acids is 1. The largest absolute Gasteiger partial charge is 0.480 e. The third kappa shape index (κ3) is 5.69. The molecule has 5 N–H and O–H groups in total. The van der Waals surface area contributed by atoms with Gasteiger partial charge in [-0.15, -0.1) is 0 Å². The van der Waals surface area contributed by atoms with Gasteiger partial charge in [-0.2, -0.15) is 0 Å². The number of carboxylic acid groups (broad SMARTS) is 1. The number of aliphatic hydroxyl groups excluding tert-OH is 1. The summed E-state index contributed by atoms with van der Waals surface area (Å²) in [5, 5.41) is 27.0. The smallest absolute Gasteiger partial charge is 0.328 e. The van der Waals surface area contributed by atoms with Gasteiger partial charge in [-0.25, -0.2) is 4.79 Å². The van der Waals surface area contributed by atoms with E-state index in [4.69, 9.17) is 0 Å². The Morgan fingerprint density at radius 2 is 1.80 bits per heavy atom. The van der Waals surface area contributed by atoms with E-state index in [1.807, 2.05) is 6.92 Å². The summed E-state index contributed by atoms with van der Waals surface area (Å²) in [5.74, 6) is -2.79. The minimum atomic E-state index is -1.47. The molecule has 170 valence electrons. The first-order valence-electron chi connectivity index (χ1n) is 10.7. The molecule has 0 aliphatic carbocycles. The van der Waals surface area contributed by atoms with Crippen molar-refractivity contribution in [1.82, 2.24) is 20.9 Å². The summed E-state index contributed by atoms with van der Waals surface area (Å²) in [7, 11) is 0. The van der Waals surface area contributed by atoms with E-state index in [0.717, 1.165) is 19.4 Å². The molecular formula is C20H34N4O6. The molecule has 6 unspecified atom stereocenters. The van der Waals surface area contributed by atoms with Gasteiger partial charge in [0.1, 0.15) is 12.1 Å². The number of hydrogen-bond acceptors (Lipinski definition) is 6. The van der Waals surface area contributed by atoms with Gasteiger partial charge in [0, 0.05) is 6.54 Å². The Hall–Kier alpha value is -2.20. The lowest BCUT2D eigenvalue weighted by molar-refractivity contribution is -0.146. The summed E-state index contributed by atoms with van der Waals surface area (Å²) in [5.41, 5.74) is 0. The van der Waals surface area contributed by atoms with Gasteiger partial charge in [0.2, 0.25) is 17.7 Å². The Balaban J connectivity index is 2.09. The molecule has 2 aliphatic rings. The molecule has 0 aromatic heterocycles. The van der Waals surface area contributed by atoms with E-state index >= 15 is 0 Å². The Morgan fingerprint density at radius 1 is 1.10 bits per heavy atom. The van der Waals surface area contributed by atoms with Crippen LogP contribution in [0, 0.1) is 5.92 Å². The van der Waals surface area contributed by atoms with Gasteiger partial charge >= 0.3 is 5.97 Å². The van der Waals surface area contributed by atoms with Crippen LogP contribution in [0.3, 0.4) is 0 Å². The maximum atomic E-state index is 13.0. The molecule has 6 atom stereocenters. The van der Waals surface area contributed by atoms with Crippen molar-refractivity contribution >= 4 is 23.7 Å². The van der Waals surface area contributed by atoms with Gasteiger partial charge in [-0.1, -0.05) is 20.3 Å². The number of likely N-dealkylation sites (tertiary alicyclic amines) is 1. The second-order valence-electron chi connectivity index (χ2n) is 8.28. The molecule has 2 rings (SSSR count). The molecule has 30 heavy (non-hydrogen) atoms. The van der Waals surface area contributed by atoms with Crippen LogP contribution in [0.2, 0.25) is 0 Å². The first-order chi connectivity index (χ1) is 14.2. The van der Waals surface area contributed by atoms with Gasteiger partial charge in [-0.3, -0.25) is 14.4 Å². The quantitative estimate of drug-likeness (QED) is 0.324. The molecule has 10 heteroatoms. The molecule has 2 aliphatic heterocycles. The minimum Gasteiger partial charge on any atom is -0.480 e. The lowest BCUT2D eigenvalue weighted by Gasteiger charge is -2.30. The Kier molecular flexibility index (Phi) is 8.60. The van der Waals surface area contributed by atoms with Crippen LogP contribution in [0.4, 0.5) is 0 Å². The Bertz CT molecular complexity index is 649. The van der Waals surface area contributed by atoms with Crippen molar-refractivity contribution in [3.05, 3.63) is 0 Å². The van der Waals surface area contributed by atoms with Crippen molar-refractivity contribution < 1.29 is 29.4 Å². The zero-order valence-electron chi connectivity index (χ0n) is 17.9. The fourth-order valence-corrected chi connectivity index (χ4v) is 3.98. The van der Waals surface area contributed by atoms with Crippen LogP contribution in [0.25, 0.3) is 0 Å². The monoisotopic (exact) mass is 426 g/mol. The van der Waals surface area contributed by atoms with Crippen molar-refractivity contribution in [2.75, 3.05) is 13.1 Å². The maximum Gasteiger partial charge on any atom is 0.328 e. The molecule has 0 aromatic carbocycles. The fourth-order valence-electron chi connectivity index (χ4n) is 3.98. The molecule has 10 nitrogen and oxygen atoms in total. The van der Waals surface area contributed by atoms with Crippen molar-refractivity contribution in [3.8, 4) is 0 Å². The van der Waals surface area contributed by atoms with Crippen LogP contribution >= 0.6 is 0 Å². The van der Waals surface area contributed by atoms with Gasteiger partial charge in [0.25, 0.3) is 0 Å². The predicted molar refractivity (Wildman–Crippen MR) is 108 cm³/mol. The summed E-state index contributed by atoms with van der Waals surface area (Å²) < 4.78 is 0. The van der Waals surface area contributed by atoms with E-state index < -0.39 is 42.0 Å². The summed E-state index contributed by atoms with van der Waals surface area (Å²) in [6.45, 7) is 6.19. The van der Waals surface area contributed by atoms with Crippen LogP contribution in [0.15, 0.2) is 0 Å². The van der Waals surface area contributed by atoms with Gasteiger partial charge in [0.05, 0.1) is 12.1 Å². The molecular weight excluding hydrogens is 392 g/mol. The van der Waals surface area contributed by atoms with Crippen molar-refractivity contribution in [3.63, 3.8) is 0 Å². The normalized spacial score (nSPS) is 25.3. The van der Waals surface area contributed by atoms with Crippen LogP contribution in [0.5, 0.6) is 0 Å². The third-order valence-corrected chi connectivity index (χ3v) is 6.04. The zero-order chi connectivity index (χ0) is 22.4. The molecule has 0 aromatic rings. The number of carbonyl (C=O) groups is 4. The fraction of sp³-hybridized carbons (Fsp3) is 0.800. The van der Waals surface area contributed by atoms with E-state index in [1.165, 1.54) is 6.92 Å². The number of carbonyl (C=O) groups excluding carboxylic acids is 3. The van der Waals surface area contributed by atoms with E-state index in [0.29, 0.717) is 25.8 Å². The molecule has 0 radical (unpaired) electrons. The van der Waals surface area contributed by atoms with Gasteiger partial charge < -0.3 is 31.1 Å². The first kappa shape index (κ1) is 24.1. The van der Waals surface area contributed by atoms with Crippen molar-refractivity contribution in [2.45, 2.75) is 83.1 Å². The number of amides is 3. The van der Waals surface area contributed by atoms with E-state index in [1.54, 1.807) is 11.8 Å². The molecule has 2 heterocycles. The van der Waals surface area contributed by atoms with Crippen molar-refractivity contribution in [1.29, 1.82) is 0 Å². The highest BCUT2D eigenvalue weighted by Gasteiger charge is 2.40. The number of rotatable bonds is 9. The standard InChI is InChI=1S/C20H34N4O6/c1-4-11(2)15(18(27)23-16(12(3)25)20(29)30)22-17(26)14-8-6-10-24(14)19(28)13-7-5-9-21-13/h11-16,21,25H,4-10H2,1-3H3,(H,22,26)(H,23,27)(H,29,30). The zero-order valence-corrected chi connectivity index (χ0v) is 17.9. The number of aliphatic hydroxyl groups is 1. The van der Waals surface area contributed by atoms with Crippen LogP contribution < -0.4 is 16.0 Å². The van der Waals surface area contributed by atoms with Gasteiger partial charge in [0.15, 0.2) is 6.04 Å². The number of nitrogens with one attached hydrogen (secondary N) is 3. The average Bonchev–Trinajstić information content (AvgIpc) is 3.40. The highest BCUT2D eigenvalue weighted by Crippen LogP contribution is 2.21. The average molecular weight is 427 g/mol. The first-order valence-corrected chi connectivity index (χ1v) is 10.7. The number of hydrogen-bond donors (Lipinski definition) is 5. The molecule has 2 saturated heterocycles. The lowest BCUT2D eigenvalue weighted by atomic mass is 9.97. The van der Waals surface area contributed by atoms with Crippen molar-refractivity contribution in [2.24, 2.45) is 5.92 Å². The second kappa shape index (κ2) is 10.7. The number of nitrogens with zero attached hydrogens (tertiary/aromatic N) is 1. The minimum absolute atomic E-state index is 0.0882. The highest BCUT2D eigenvalue weighted by atomic mass is 16.4. The molecule has 0 spiro atoms. The van der Waals surface area contributed by atoms with E-state index in [-0.39, 0.29) is 17.9 Å². The summed E-state index contributed by atoms with van der Waals surface area (Å²) in [4.78, 5) is 51.4. The molecule has 0 bridgehead atoms. The van der Waals surface area contributed by atoms with Gasteiger partial charge in [-0.05, 0) is 45.1 Å². The SMILES string of the molecule is CCC(C)C(NC(=O)C1CCCN1C(=O)C1CCCN1)C(=O)NC(C(=O)O)C(C)O. The molecule has 0 saturated carbocycles. The molecule has 2 fully saturated rings. The van der Waals surface area contributed by atoms with E-state index in [9.17, 15) is 29.4 Å². The lowest BCUT2D eigenvalue weighted by Crippen LogP contribution is -2.59. The number of aliphatic carboxylic acids is 1. The van der Waals surface area contributed by atoms with Crippen LogP contribution in [-0.4, -0.2) is 82.2 Å². The summed E-state index contributed by atoms with van der Waals surface area (Å²) >= 11 is 0. The predicted octanol–water partition coefficient (Wildman–Crippen LogP) is -0.789. The second-order valence-corrected chi connectivity index (χ2v) is 8.28. The third-order valence-electron chi connectivity index (χ3n) is 6.04. The maximum absolute atomic E-state index is 13.0. The highest BCUT2D eigenvalue weighted by molar-refractivity contribution is 5.94. The Morgan fingerprint density at radius 3 is 2.33 bits per heavy atom. The Labute approximate surface area is 176 Å². The summed E-state index contributed by atoms with van der Waals surface area (Å²) in [6, 6.07) is -3.36. The molecule has 3 amide bonds. The van der Waals surface area contributed by atoms with E-state index in [2.05, 4.69) is 16.0 Å². The summed E-state index contributed by atoms with van der Waals surface area (Å²) in [6.07, 6.45) is 2.18. The topological polar surface area (TPSA) is 148 Å². The van der Waals surface area contributed by atoms with Crippen LogP contribution in [-0.2, 0) is 19.2 Å². The van der Waals surface area contributed by atoms with Crippen LogP contribution in [0.1, 0.15) is 52.9 Å².